The first-order valence-electron chi connectivity index (χ1n) is 6.99. The highest BCUT2D eigenvalue weighted by Crippen LogP contribution is 2.24. The number of thiophene rings is 1. The van der Waals surface area contributed by atoms with Crippen molar-refractivity contribution in [1.82, 2.24) is 4.90 Å². The first-order chi connectivity index (χ1) is 10.1. The van der Waals surface area contributed by atoms with Gasteiger partial charge in [-0.1, -0.05) is 6.07 Å². The Labute approximate surface area is 142 Å². The summed E-state index contributed by atoms with van der Waals surface area (Å²) in [6.45, 7) is 3.51. The lowest BCUT2D eigenvalue weighted by molar-refractivity contribution is -0.132. The number of rotatable bonds is 3. The molecule has 5 heteroatoms. The number of anilines is 1. The van der Waals surface area contributed by atoms with E-state index in [1.165, 1.54) is 10.4 Å². The molecular formula is C16H17IN2OS. The van der Waals surface area contributed by atoms with Crippen LogP contribution in [0.15, 0.2) is 35.7 Å². The molecule has 0 saturated carbocycles. The van der Waals surface area contributed by atoms with E-state index in [9.17, 15) is 4.79 Å². The monoisotopic (exact) mass is 412 g/mol. The summed E-state index contributed by atoms with van der Waals surface area (Å²) >= 11 is 4.08. The van der Waals surface area contributed by atoms with Crippen LogP contribution >= 0.6 is 33.9 Å². The smallest absolute Gasteiger partial charge is 0.245 e. The highest BCUT2D eigenvalue weighted by atomic mass is 127. The van der Waals surface area contributed by atoms with Gasteiger partial charge in [-0.05, 0) is 71.1 Å². The molecule has 0 aliphatic carbocycles. The molecule has 1 atom stereocenters. The van der Waals surface area contributed by atoms with Crippen molar-refractivity contribution in [3.8, 4) is 0 Å². The van der Waals surface area contributed by atoms with E-state index in [0.29, 0.717) is 0 Å². The van der Waals surface area contributed by atoms with Crippen LogP contribution in [0.3, 0.4) is 0 Å². The maximum atomic E-state index is 12.6. The quantitative estimate of drug-likeness (QED) is 0.780. The molecule has 1 aliphatic rings. The van der Waals surface area contributed by atoms with Gasteiger partial charge in [0.2, 0.25) is 5.91 Å². The Balaban J connectivity index is 1.65. The SMILES string of the molecule is CC(Nc1cccc(I)c1)C(=O)N1CCc2sccc2C1. The molecule has 3 nitrogen and oxygen atoms in total. The van der Waals surface area contributed by atoms with E-state index >= 15 is 0 Å². The molecular weight excluding hydrogens is 395 g/mol. The van der Waals surface area contributed by atoms with Gasteiger partial charge in [-0.2, -0.15) is 0 Å². The Bertz CT molecular complexity index is 655. The Morgan fingerprint density at radius 3 is 3.10 bits per heavy atom. The summed E-state index contributed by atoms with van der Waals surface area (Å²) in [7, 11) is 0. The van der Waals surface area contributed by atoms with Crippen LogP contribution in [-0.2, 0) is 17.8 Å². The number of nitrogens with one attached hydrogen (secondary N) is 1. The van der Waals surface area contributed by atoms with Gasteiger partial charge in [-0.15, -0.1) is 11.3 Å². The fraction of sp³-hybridized carbons (Fsp3) is 0.312. The summed E-state index contributed by atoms with van der Waals surface area (Å²) in [5, 5.41) is 5.42. The molecule has 0 fully saturated rings. The highest BCUT2D eigenvalue weighted by molar-refractivity contribution is 14.1. The molecule has 1 aliphatic heterocycles. The second kappa shape index (κ2) is 6.36. The molecule has 1 aromatic carbocycles. The van der Waals surface area contributed by atoms with Crippen molar-refractivity contribution in [3.05, 3.63) is 49.7 Å². The van der Waals surface area contributed by atoms with Gasteiger partial charge in [0.05, 0.1) is 0 Å². The van der Waals surface area contributed by atoms with Crippen LogP contribution < -0.4 is 5.32 Å². The van der Waals surface area contributed by atoms with Gasteiger partial charge in [0.1, 0.15) is 6.04 Å². The van der Waals surface area contributed by atoms with Crippen LogP contribution in [0.4, 0.5) is 5.69 Å². The average molecular weight is 412 g/mol. The molecule has 2 aromatic rings. The Morgan fingerprint density at radius 1 is 1.43 bits per heavy atom. The first-order valence-corrected chi connectivity index (χ1v) is 8.95. The zero-order valence-electron chi connectivity index (χ0n) is 11.8. The van der Waals surface area contributed by atoms with Gasteiger partial charge in [0, 0.05) is 27.2 Å². The normalized spacial score (nSPS) is 15.4. The van der Waals surface area contributed by atoms with E-state index in [-0.39, 0.29) is 11.9 Å². The van der Waals surface area contributed by atoms with Crippen LogP contribution in [0.1, 0.15) is 17.4 Å². The number of benzene rings is 1. The number of fused-ring (bicyclic) bond motifs is 1. The summed E-state index contributed by atoms with van der Waals surface area (Å²) in [5.74, 6) is 0.172. The van der Waals surface area contributed by atoms with Crippen molar-refractivity contribution in [1.29, 1.82) is 0 Å². The molecule has 0 radical (unpaired) electrons. The minimum absolute atomic E-state index is 0.172. The standard InChI is InChI=1S/C16H17IN2OS/c1-11(18-14-4-2-3-13(17)9-14)16(20)19-7-5-15-12(10-19)6-8-21-15/h2-4,6,8-9,11,18H,5,7,10H2,1H3. The van der Waals surface area contributed by atoms with E-state index in [4.69, 9.17) is 0 Å². The van der Waals surface area contributed by atoms with Gasteiger partial charge in [0.15, 0.2) is 0 Å². The fourth-order valence-corrected chi connectivity index (χ4v) is 4.03. The zero-order valence-corrected chi connectivity index (χ0v) is 14.8. The molecule has 1 aromatic heterocycles. The number of halogens is 1. The molecule has 0 saturated heterocycles. The van der Waals surface area contributed by atoms with Crippen LogP contribution in [0.5, 0.6) is 0 Å². The summed E-state index contributed by atoms with van der Waals surface area (Å²) in [6.07, 6.45) is 0.981. The van der Waals surface area contributed by atoms with Crippen molar-refractivity contribution in [2.75, 3.05) is 11.9 Å². The molecule has 3 rings (SSSR count). The first kappa shape index (κ1) is 14.8. The van der Waals surface area contributed by atoms with Gasteiger partial charge >= 0.3 is 0 Å². The van der Waals surface area contributed by atoms with Crippen molar-refractivity contribution < 1.29 is 4.79 Å². The molecule has 0 spiro atoms. The van der Waals surface area contributed by atoms with Crippen molar-refractivity contribution in [2.45, 2.75) is 25.9 Å². The maximum Gasteiger partial charge on any atom is 0.245 e. The van der Waals surface area contributed by atoms with Gasteiger partial charge in [-0.25, -0.2) is 0 Å². The average Bonchev–Trinajstić information content (AvgIpc) is 2.93. The molecule has 2 heterocycles. The van der Waals surface area contributed by atoms with E-state index in [1.807, 2.05) is 30.0 Å². The lowest BCUT2D eigenvalue weighted by Crippen LogP contribution is -2.43. The molecule has 0 bridgehead atoms. The molecule has 21 heavy (non-hydrogen) atoms. The third kappa shape index (κ3) is 3.40. The predicted molar refractivity (Wildman–Crippen MR) is 95.7 cm³/mol. The summed E-state index contributed by atoms with van der Waals surface area (Å²) in [6, 6.07) is 10.0. The van der Waals surface area contributed by atoms with Crippen LogP contribution in [0, 0.1) is 3.57 Å². The second-order valence-electron chi connectivity index (χ2n) is 5.26. The Kier molecular flexibility index (Phi) is 4.49. The van der Waals surface area contributed by atoms with E-state index < -0.39 is 0 Å². The molecule has 110 valence electrons. The number of hydrogen-bond acceptors (Lipinski definition) is 3. The van der Waals surface area contributed by atoms with E-state index in [2.05, 4.69) is 45.4 Å². The van der Waals surface area contributed by atoms with Crippen LogP contribution in [0.2, 0.25) is 0 Å². The Hall–Kier alpha value is -1.08. The third-order valence-corrected chi connectivity index (χ3v) is 5.39. The number of hydrogen-bond donors (Lipinski definition) is 1. The maximum absolute atomic E-state index is 12.6. The van der Waals surface area contributed by atoms with Crippen molar-refractivity contribution in [2.24, 2.45) is 0 Å². The predicted octanol–water partition coefficient (Wildman–Crippen LogP) is 3.74. The lowest BCUT2D eigenvalue weighted by atomic mass is 10.1. The summed E-state index contributed by atoms with van der Waals surface area (Å²) in [5.41, 5.74) is 2.30. The summed E-state index contributed by atoms with van der Waals surface area (Å²) < 4.78 is 1.16. The van der Waals surface area contributed by atoms with Gasteiger partial charge < -0.3 is 10.2 Å². The van der Waals surface area contributed by atoms with Gasteiger partial charge in [0.25, 0.3) is 0 Å². The fourth-order valence-electron chi connectivity index (χ4n) is 2.60. The minimum Gasteiger partial charge on any atom is -0.374 e. The summed E-state index contributed by atoms with van der Waals surface area (Å²) in [4.78, 5) is 16.0. The van der Waals surface area contributed by atoms with E-state index in [0.717, 1.165) is 28.8 Å². The lowest BCUT2D eigenvalue weighted by Gasteiger charge is -2.30. The zero-order chi connectivity index (χ0) is 14.8. The minimum atomic E-state index is -0.205. The number of nitrogens with zero attached hydrogens (tertiary/aromatic N) is 1. The number of carbonyl (C=O) groups is 1. The highest BCUT2D eigenvalue weighted by Gasteiger charge is 2.25. The number of carbonyl (C=O) groups excluding carboxylic acids is 1. The molecule has 1 amide bonds. The topological polar surface area (TPSA) is 32.3 Å². The van der Waals surface area contributed by atoms with Crippen LogP contribution in [-0.4, -0.2) is 23.4 Å². The Morgan fingerprint density at radius 2 is 2.29 bits per heavy atom. The third-order valence-electron chi connectivity index (χ3n) is 3.70. The van der Waals surface area contributed by atoms with Crippen LogP contribution in [0.25, 0.3) is 0 Å². The van der Waals surface area contributed by atoms with E-state index in [1.54, 1.807) is 11.3 Å². The van der Waals surface area contributed by atoms with Crippen molar-refractivity contribution >= 4 is 45.5 Å². The molecule has 1 unspecified atom stereocenters. The largest absolute Gasteiger partial charge is 0.374 e. The number of amides is 1. The second-order valence-corrected chi connectivity index (χ2v) is 7.50. The van der Waals surface area contributed by atoms with Crippen molar-refractivity contribution in [3.63, 3.8) is 0 Å². The van der Waals surface area contributed by atoms with Gasteiger partial charge in [-0.3, -0.25) is 4.79 Å². The molecule has 1 N–H and O–H groups in total.